The fourth-order valence-corrected chi connectivity index (χ4v) is 3.79. The van der Waals surface area contributed by atoms with Gasteiger partial charge in [-0.2, -0.15) is 0 Å². The summed E-state index contributed by atoms with van der Waals surface area (Å²) in [6.07, 6.45) is 9.19. The Morgan fingerprint density at radius 1 is 1.14 bits per heavy atom. The molecule has 1 fully saturated rings. The molecule has 0 bridgehead atoms. The molecule has 3 aromatic rings. The molecule has 0 saturated heterocycles. The number of pyridine rings is 1. The Hall–Kier alpha value is -2.51. The molecular formula is C21H28N6O. The van der Waals surface area contributed by atoms with Gasteiger partial charge in [-0.3, -0.25) is 0 Å². The highest BCUT2D eigenvalue weighted by atomic mass is 16.3. The molecule has 4 rings (SSSR count). The molecule has 0 aromatic carbocycles. The van der Waals surface area contributed by atoms with Gasteiger partial charge in [0, 0.05) is 48.7 Å². The molecule has 3 aromatic heterocycles. The van der Waals surface area contributed by atoms with Crippen LogP contribution in [-0.4, -0.2) is 62.3 Å². The lowest BCUT2D eigenvalue weighted by molar-refractivity contribution is 0.126. The average molecular weight is 380 g/mol. The third-order valence-electron chi connectivity index (χ3n) is 5.38. The van der Waals surface area contributed by atoms with Gasteiger partial charge in [-0.05, 0) is 58.0 Å². The number of fused-ring (bicyclic) bond motifs is 1. The monoisotopic (exact) mass is 380 g/mol. The zero-order valence-electron chi connectivity index (χ0n) is 16.5. The Morgan fingerprint density at radius 2 is 1.96 bits per heavy atom. The Balaban J connectivity index is 1.61. The SMILES string of the molecule is CN(C)CCn1cc(-c2ccnc(N[C@H]3CC[C@H](O)CC3)n2)c2cccnc21. The second kappa shape index (κ2) is 8.24. The topological polar surface area (TPSA) is 79.1 Å². The fourth-order valence-electron chi connectivity index (χ4n) is 3.79. The lowest BCUT2D eigenvalue weighted by atomic mass is 9.93. The number of nitrogens with zero attached hydrogens (tertiary/aromatic N) is 5. The standard InChI is InChI=1S/C21H28N6O/c1-26(2)12-13-27-14-18(17-4-3-10-22-20(17)27)19-9-11-23-21(25-19)24-15-5-7-16(28)8-6-15/h3-4,9-11,14-16,28H,5-8,12-13H2,1-2H3,(H,23,24,25)/t15-,16-. The van der Waals surface area contributed by atoms with Crippen LogP contribution in [0, 0.1) is 0 Å². The molecule has 7 nitrogen and oxygen atoms in total. The van der Waals surface area contributed by atoms with Crippen molar-refractivity contribution in [3.05, 3.63) is 36.8 Å². The lowest BCUT2D eigenvalue weighted by Gasteiger charge is -2.26. The van der Waals surface area contributed by atoms with E-state index in [9.17, 15) is 5.11 Å². The highest BCUT2D eigenvalue weighted by Crippen LogP contribution is 2.29. The van der Waals surface area contributed by atoms with Crippen LogP contribution in [0.5, 0.6) is 0 Å². The van der Waals surface area contributed by atoms with Crippen molar-refractivity contribution in [1.29, 1.82) is 0 Å². The first-order valence-electron chi connectivity index (χ1n) is 9.97. The van der Waals surface area contributed by atoms with Crippen LogP contribution >= 0.6 is 0 Å². The number of rotatable bonds is 6. The number of aliphatic hydroxyl groups is 1. The number of aliphatic hydroxyl groups excluding tert-OH is 1. The lowest BCUT2D eigenvalue weighted by Crippen LogP contribution is -2.28. The second-order valence-corrected chi connectivity index (χ2v) is 7.83. The number of hydrogen-bond acceptors (Lipinski definition) is 6. The molecule has 2 N–H and O–H groups in total. The Morgan fingerprint density at radius 3 is 2.75 bits per heavy atom. The second-order valence-electron chi connectivity index (χ2n) is 7.83. The summed E-state index contributed by atoms with van der Waals surface area (Å²) in [6, 6.07) is 6.34. The third-order valence-corrected chi connectivity index (χ3v) is 5.38. The predicted molar refractivity (Wildman–Crippen MR) is 111 cm³/mol. The first-order valence-corrected chi connectivity index (χ1v) is 9.97. The van der Waals surface area contributed by atoms with Gasteiger partial charge in [0.15, 0.2) is 0 Å². The summed E-state index contributed by atoms with van der Waals surface area (Å²) in [5, 5.41) is 14.2. The number of likely N-dealkylation sites (N-methyl/N-ethyl adjacent to an activating group) is 1. The van der Waals surface area contributed by atoms with Crippen LogP contribution in [0.25, 0.3) is 22.3 Å². The highest BCUT2D eigenvalue weighted by Gasteiger charge is 2.20. The summed E-state index contributed by atoms with van der Waals surface area (Å²) in [7, 11) is 4.15. The first-order chi connectivity index (χ1) is 13.6. The molecule has 0 aliphatic heterocycles. The molecule has 0 radical (unpaired) electrons. The Labute approximate surface area is 165 Å². The van der Waals surface area contributed by atoms with Gasteiger partial charge in [0.05, 0.1) is 11.8 Å². The van der Waals surface area contributed by atoms with Crippen LogP contribution in [0.3, 0.4) is 0 Å². The molecule has 0 unspecified atom stereocenters. The van der Waals surface area contributed by atoms with E-state index in [1.54, 1.807) is 0 Å². The molecule has 148 valence electrons. The minimum absolute atomic E-state index is 0.161. The molecule has 1 aliphatic rings. The van der Waals surface area contributed by atoms with Crippen LogP contribution in [0.15, 0.2) is 36.8 Å². The quantitative estimate of drug-likeness (QED) is 0.685. The van der Waals surface area contributed by atoms with Gasteiger partial charge in [0.1, 0.15) is 5.65 Å². The van der Waals surface area contributed by atoms with E-state index in [0.29, 0.717) is 12.0 Å². The number of hydrogen-bond donors (Lipinski definition) is 2. The molecule has 0 spiro atoms. The first kappa shape index (κ1) is 18.8. The smallest absolute Gasteiger partial charge is 0.223 e. The van der Waals surface area contributed by atoms with Crippen LogP contribution in [-0.2, 0) is 6.54 Å². The maximum Gasteiger partial charge on any atom is 0.223 e. The van der Waals surface area contributed by atoms with Gasteiger partial charge in [-0.25, -0.2) is 15.0 Å². The maximum atomic E-state index is 9.70. The molecule has 0 amide bonds. The van der Waals surface area contributed by atoms with Gasteiger partial charge < -0.3 is 19.9 Å². The van der Waals surface area contributed by atoms with Gasteiger partial charge in [-0.1, -0.05) is 0 Å². The van der Waals surface area contributed by atoms with E-state index < -0.39 is 0 Å². The van der Waals surface area contributed by atoms with Crippen LogP contribution in [0.4, 0.5) is 5.95 Å². The molecule has 1 saturated carbocycles. The van der Waals surface area contributed by atoms with E-state index in [1.807, 2.05) is 24.5 Å². The van der Waals surface area contributed by atoms with Crippen LogP contribution in [0.2, 0.25) is 0 Å². The van der Waals surface area contributed by atoms with Crippen molar-refractivity contribution in [3.8, 4) is 11.3 Å². The summed E-state index contributed by atoms with van der Waals surface area (Å²) in [5.74, 6) is 0.650. The van der Waals surface area contributed by atoms with E-state index >= 15 is 0 Å². The average Bonchev–Trinajstić information content (AvgIpc) is 3.07. The van der Waals surface area contributed by atoms with Gasteiger partial charge in [0.2, 0.25) is 5.95 Å². The Kier molecular flexibility index (Phi) is 5.54. The fraction of sp³-hybridized carbons (Fsp3) is 0.476. The number of aromatic nitrogens is 4. The summed E-state index contributed by atoms with van der Waals surface area (Å²) < 4.78 is 2.20. The minimum Gasteiger partial charge on any atom is -0.393 e. The van der Waals surface area contributed by atoms with E-state index in [-0.39, 0.29) is 6.10 Å². The van der Waals surface area contributed by atoms with Gasteiger partial charge >= 0.3 is 0 Å². The zero-order valence-corrected chi connectivity index (χ0v) is 16.5. The largest absolute Gasteiger partial charge is 0.393 e. The van der Waals surface area contributed by atoms with Gasteiger partial charge in [0.25, 0.3) is 0 Å². The summed E-state index contributed by atoms with van der Waals surface area (Å²) >= 11 is 0. The summed E-state index contributed by atoms with van der Waals surface area (Å²) in [5.41, 5.74) is 2.95. The molecule has 7 heteroatoms. The highest BCUT2D eigenvalue weighted by molar-refractivity contribution is 5.93. The van der Waals surface area contributed by atoms with Crippen molar-refractivity contribution in [2.24, 2.45) is 0 Å². The van der Waals surface area contributed by atoms with Crippen LogP contribution in [0.1, 0.15) is 25.7 Å². The molecular weight excluding hydrogens is 352 g/mol. The van der Waals surface area contributed by atoms with Crippen LogP contribution < -0.4 is 5.32 Å². The van der Waals surface area contributed by atoms with Crippen molar-refractivity contribution in [2.75, 3.05) is 26.0 Å². The van der Waals surface area contributed by atoms with E-state index in [0.717, 1.165) is 61.1 Å². The van der Waals surface area contributed by atoms with E-state index in [2.05, 4.69) is 51.1 Å². The predicted octanol–water partition coefficient (Wildman–Crippen LogP) is 2.77. The normalized spacial score (nSPS) is 20.0. The molecule has 3 heterocycles. The van der Waals surface area contributed by atoms with Crippen molar-refractivity contribution < 1.29 is 5.11 Å². The summed E-state index contributed by atoms with van der Waals surface area (Å²) in [6.45, 7) is 1.82. The maximum absolute atomic E-state index is 9.70. The zero-order chi connectivity index (χ0) is 19.5. The number of anilines is 1. The Bertz CT molecular complexity index is 930. The van der Waals surface area contributed by atoms with Crippen molar-refractivity contribution in [2.45, 2.75) is 44.4 Å². The van der Waals surface area contributed by atoms with Gasteiger partial charge in [-0.15, -0.1) is 0 Å². The van der Waals surface area contributed by atoms with Crippen molar-refractivity contribution >= 4 is 17.0 Å². The van der Waals surface area contributed by atoms with E-state index in [1.165, 1.54) is 0 Å². The molecule has 1 aliphatic carbocycles. The van der Waals surface area contributed by atoms with E-state index in [4.69, 9.17) is 4.98 Å². The number of nitrogens with one attached hydrogen (secondary N) is 1. The minimum atomic E-state index is -0.161. The molecule has 28 heavy (non-hydrogen) atoms. The van der Waals surface area contributed by atoms with Crippen molar-refractivity contribution in [3.63, 3.8) is 0 Å². The summed E-state index contributed by atoms with van der Waals surface area (Å²) in [4.78, 5) is 15.9. The van der Waals surface area contributed by atoms with Crippen molar-refractivity contribution in [1.82, 2.24) is 24.4 Å². The third kappa shape index (κ3) is 4.15. The molecule has 0 atom stereocenters.